The van der Waals surface area contributed by atoms with Crippen molar-refractivity contribution in [2.75, 3.05) is 19.6 Å². The fraction of sp³-hybridized carbons (Fsp3) is 0.857. The molecule has 0 radical (unpaired) electrons. The van der Waals surface area contributed by atoms with Crippen molar-refractivity contribution in [3.63, 3.8) is 0 Å². The molecular formula is C14H29ClN4O2. The van der Waals surface area contributed by atoms with Crippen LogP contribution < -0.4 is 21.7 Å². The lowest BCUT2D eigenvalue weighted by Gasteiger charge is -2.34. The van der Waals surface area contributed by atoms with E-state index in [2.05, 4.69) is 29.8 Å². The molecule has 1 atom stereocenters. The molecule has 0 aliphatic carbocycles. The van der Waals surface area contributed by atoms with Crippen molar-refractivity contribution in [1.29, 1.82) is 0 Å². The fourth-order valence-corrected chi connectivity index (χ4v) is 2.48. The number of piperidine rings is 1. The van der Waals surface area contributed by atoms with Gasteiger partial charge in [-0.3, -0.25) is 4.79 Å². The topological polar surface area (TPSA) is 96.2 Å². The zero-order valence-corrected chi connectivity index (χ0v) is 13.9. The van der Waals surface area contributed by atoms with Gasteiger partial charge < -0.3 is 21.7 Å². The lowest BCUT2D eigenvalue weighted by molar-refractivity contribution is -0.123. The number of carbonyl (C=O) groups is 2. The Labute approximate surface area is 133 Å². The van der Waals surface area contributed by atoms with E-state index in [0.717, 1.165) is 38.8 Å². The highest BCUT2D eigenvalue weighted by molar-refractivity contribution is 5.86. The highest BCUT2D eigenvalue weighted by Gasteiger charge is 2.28. The summed E-state index contributed by atoms with van der Waals surface area (Å²) in [4.78, 5) is 23.1. The number of carbonyl (C=O) groups excluding carboxylic acids is 2. The van der Waals surface area contributed by atoms with E-state index in [4.69, 9.17) is 5.73 Å². The van der Waals surface area contributed by atoms with Crippen molar-refractivity contribution in [3.05, 3.63) is 0 Å². The number of nitrogens with two attached hydrogens (primary N) is 1. The summed E-state index contributed by atoms with van der Waals surface area (Å²) in [5, 5.41) is 8.82. The maximum absolute atomic E-state index is 12.2. The van der Waals surface area contributed by atoms with Gasteiger partial charge in [0.1, 0.15) is 6.04 Å². The largest absolute Gasteiger partial charge is 0.354 e. The van der Waals surface area contributed by atoms with E-state index < -0.39 is 12.1 Å². The first-order chi connectivity index (χ1) is 9.47. The number of hydrogen-bond donors (Lipinski definition) is 4. The molecule has 0 spiro atoms. The standard InChI is InChI=1S/C14H28N4O2.ClH/c1-3-4-5-11(18-13(15)20)12(19)17-10-14(2)6-8-16-9-7-14;/h11,16H,3-10H2,1-2H3,(H,17,19)(H3,15,18,20);1H. The van der Waals surface area contributed by atoms with E-state index >= 15 is 0 Å². The van der Waals surface area contributed by atoms with E-state index in [1.54, 1.807) is 0 Å². The molecule has 0 aromatic heterocycles. The van der Waals surface area contributed by atoms with Crippen LogP contribution in [0, 0.1) is 5.41 Å². The molecule has 1 heterocycles. The molecule has 6 nitrogen and oxygen atoms in total. The average Bonchev–Trinajstić information content (AvgIpc) is 2.41. The van der Waals surface area contributed by atoms with Crippen LogP contribution in [0.25, 0.3) is 0 Å². The number of urea groups is 1. The molecule has 0 aromatic carbocycles. The fourth-order valence-electron chi connectivity index (χ4n) is 2.48. The molecule has 7 heteroatoms. The molecule has 0 bridgehead atoms. The zero-order chi connectivity index (χ0) is 15.0. The number of primary amides is 1. The number of amides is 3. The minimum Gasteiger partial charge on any atom is -0.354 e. The van der Waals surface area contributed by atoms with Crippen LogP contribution in [0.4, 0.5) is 4.79 Å². The molecule has 5 N–H and O–H groups in total. The molecule has 1 aliphatic heterocycles. The summed E-state index contributed by atoms with van der Waals surface area (Å²) < 4.78 is 0. The van der Waals surface area contributed by atoms with Crippen molar-refractivity contribution in [2.24, 2.45) is 11.1 Å². The van der Waals surface area contributed by atoms with Crippen LogP contribution >= 0.6 is 12.4 Å². The monoisotopic (exact) mass is 320 g/mol. The van der Waals surface area contributed by atoms with Gasteiger partial charge in [-0.2, -0.15) is 0 Å². The summed E-state index contributed by atoms with van der Waals surface area (Å²) >= 11 is 0. The normalized spacial score (nSPS) is 18.2. The Morgan fingerprint density at radius 2 is 1.95 bits per heavy atom. The van der Waals surface area contributed by atoms with Gasteiger partial charge in [0.2, 0.25) is 5.91 Å². The van der Waals surface area contributed by atoms with Crippen LogP contribution in [-0.2, 0) is 4.79 Å². The molecule has 1 aliphatic rings. The molecule has 124 valence electrons. The second-order valence-electron chi connectivity index (χ2n) is 5.98. The number of nitrogens with one attached hydrogen (secondary N) is 3. The minimum absolute atomic E-state index is 0. The summed E-state index contributed by atoms with van der Waals surface area (Å²) in [5.74, 6) is -0.128. The van der Waals surface area contributed by atoms with Gasteiger partial charge in [-0.25, -0.2) is 4.79 Å². The molecule has 1 unspecified atom stereocenters. The van der Waals surface area contributed by atoms with E-state index in [9.17, 15) is 9.59 Å². The van der Waals surface area contributed by atoms with Gasteiger partial charge in [-0.05, 0) is 37.8 Å². The van der Waals surface area contributed by atoms with Gasteiger partial charge in [-0.15, -0.1) is 12.4 Å². The average molecular weight is 321 g/mol. The van der Waals surface area contributed by atoms with Crippen molar-refractivity contribution >= 4 is 24.3 Å². The molecule has 1 rings (SSSR count). The summed E-state index contributed by atoms with van der Waals surface area (Å²) in [6, 6.07) is -1.16. The second-order valence-corrected chi connectivity index (χ2v) is 5.98. The van der Waals surface area contributed by atoms with E-state index in [-0.39, 0.29) is 23.7 Å². The van der Waals surface area contributed by atoms with Crippen LogP contribution in [0.2, 0.25) is 0 Å². The SMILES string of the molecule is CCCCC(NC(N)=O)C(=O)NCC1(C)CCNCC1.Cl. The second kappa shape index (κ2) is 9.84. The predicted molar refractivity (Wildman–Crippen MR) is 86.5 cm³/mol. The number of hydrogen-bond acceptors (Lipinski definition) is 3. The number of unbranched alkanes of at least 4 members (excludes halogenated alkanes) is 1. The van der Waals surface area contributed by atoms with Crippen molar-refractivity contribution in [1.82, 2.24) is 16.0 Å². The molecule has 0 aromatic rings. The van der Waals surface area contributed by atoms with Crippen LogP contribution in [0.1, 0.15) is 46.0 Å². The highest BCUT2D eigenvalue weighted by Crippen LogP contribution is 2.26. The van der Waals surface area contributed by atoms with E-state index in [1.807, 2.05) is 0 Å². The third kappa shape index (κ3) is 7.52. The Hall–Kier alpha value is -1.01. The van der Waals surface area contributed by atoms with Crippen LogP contribution in [-0.4, -0.2) is 37.6 Å². The summed E-state index contributed by atoms with van der Waals surface area (Å²) in [5.41, 5.74) is 5.27. The quantitative estimate of drug-likeness (QED) is 0.566. The Morgan fingerprint density at radius 3 is 2.48 bits per heavy atom. The van der Waals surface area contributed by atoms with Crippen molar-refractivity contribution in [2.45, 2.75) is 52.0 Å². The molecular weight excluding hydrogens is 292 g/mol. The van der Waals surface area contributed by atoms with Crippen LogP contribution in [0.5, 0.6) is 0 Å². The summed E-state index contributed by atoms with van der Waals surface area (Å²) in [6.07, 6.45) is 4.60. The Morgan fingerprint density at radius 1 is 1.33 bits per heavy atom. The Kier molecular flexibility index (Phi) is 9.37. The maximum atomic E-state index is 12.2. The first-order valence-corrected chi connectivity index (χ1v) is 7.51. The first kappa shape index (κ1) is 20.0. The zero-order valence-electron chi connectivity index (χ0n) is 13.0. The molecule has 1 fully saturated rings. The van der Waals surface area contributed by atoms with Crippen LogP contribution in [0.3, 0.4) is 0 Å². The van der Waals surface area contributed by atoms with Gasteiger partial charge in [0.25, 0.3) is 0 Å². The number of halogens is 1. The highest BCUT2D eigenvalue weighted by atomic mass is 35.5. The third-order valence-electron chi connectivity index (χ3n) is 3.98. The van der Waals surface area contributed by atoms with Gasteiger partial charge in [-0.1, -0.05) is 26.7 Å². The lowest BCUT2D eigenvalue weighted by atomic mass is 9.81. The van der Waals surface area contributed by atoms with Gasteiger partial charge >= 0.3 is 6.03 Å². The predicted octanol–water partition coefficient (Wildman–Crippen LogP) is 1.14. The molecule has 3 amide bonds. The van der Waals surface area contributed by atoms with E-state index in [1.165, 1.54) is 0 Å². The first-order valence-electron chi connectivity index (χ1n) is 7.51. The van der Waals surface area contributed by atoms with Crippen molar-refractivity contribution < 1.29 is 9.59 Å². The lowest BCUT2D eigenvalue weighted by Crippen LogP contribution is -2.51. The minimum atomic E-state index is -0.644. The molecule has 0 saturated carbocycles. The molecule has 1 saturated heterocycles. The van der Waals surface area contributed by atoms with E-state index in [0.29, 0.717) is 13.0 Å². The van der Waals surface area contributed by atoms with Crippen molar-refractivity contribution in [3.8, 4) is 0 Å². The third-order valence-corrected chi connectivity index (χ3v) is 3.98. The van der Waals surface area contributed by atoms with Gasteiger partial charge in [0, 0.05) is 6.54 Å². The Bertz CT molecular complexity index is 333. The van der Waals surface area contributed by atoms with Gasteiger partial charge in [0.15, 0.2) is 0 Å². The van der Waals surface area contributed by atoms with Crippen LogP contribution in [0.15, 0.2) is 0 Å². The Balaban J connectivity index is 0.00000400. The van der Waals surface area contributed by atoms with Gasteiger partial charge in [0.05, 0.1) is 0 Å². The maximum Gasteiger partial charge on any atom is 0.312 e. The molecule has 21 heavy (non-hydrogen) atoms. The smallest absolute Gasteiger partial charge is 0.312 e. The summed E-state index contributed by atoms with van der Waals surface area (Å²) in [7, 11) is 0. The summed E-state index contributed by atoms with van der Waals surface area (Å²) in [6.45, 7) is 6.87. The number of rotatable bonds is 7.